The summed E-state index contributed by atoms with van der Waals surface area (Å²) < 4.78 is 3.22. The van der Waals surface area contributed by atoms with Crippen LogP contribution in [0.25, 0.3) is 0 Å². The highest BCUT2D eigenvalue weighted by Crippen LogP contribution is 2.50. The van der Waals surface area contributed by atoms with Gasteiger partial charge in [-0.3, -0.25) is 0 Å². The monoisotopic (exact) mass is 392 g/mol. The van der Waals surface area contributed by atoms with Crippen LogP contribution >= 0.6 is 35.1 Å². The summed E-state index contributed by atoms with van der Waals surface area (Å²) in [7, 11) is 0. The number of nitrogens with one attached hydrogen (secondary N) is 1. The molecule has 0 unspecified atom stereocenters. The number of allylic oxidation sites excluding steroid dienone is 1. The number of benzene rings is 2. The average molecular weight is 393 g/mol. The van der Waals surface area contributed by atoms with E-state index in [1.165, 1.54) is 22.5 Å². The van der Waals surface area contributed by atoms with Crippen molar-refractivity contribution < 1.29 is 0 Å². The van der Waals surface area contributed by atoms with Gasteiger partial charge in [-0.1, -0.05) is 55.6 Å². The summed E-state index contributed by atoms with van der Waals surface area (Å²) >= 11 is 14.3. The molecule has 0 amide bonds. The largest absolute Gasteiger partial charge is 0.340 e. The standard InChI is InChI=1S/C20H22Cl2N2S/c1-13(2)23-25-10-9-24-18-7-5-14(21)11-16(18)20(3,4)17-12-15(22)6-8-19(17)24/h5-8,11-12,23H,1,9-10H2,2-4H3. The highest BCUT2D eigenvalue weighted by molar-refractivity contribution is 7.97. The highest BCUT2D eigenvalue weighted by Gasteiger charge is 2.36. The topological polar surface area (TPSA) is 15.3 Å². The van der Waals surface area contributed by atoms with Crippen molar-refractivity contribution in [1.29, 1.82) is 0 Å². The van der Waals surface area contributed by atoms with Gasteiger partial charge in [0.25, 0.3) is 0 Å². The molecular weight excluding hydrogens is 371 g/mol. The van der Waals surface area contributed by atoms with Gasteiger partial charge in [0.15, 0.2) is 0 Å². The minimum absolute atomic E-state index is 0.153. The van der Waals surface area contributed by atoms with Crippen LogP contribution in [0, 0.1) is 0 Å². The fourth-order valence-electron chi connectivity index (χ4n) is 3.32. The molecular formula is C20H22Cl2N2S. The van der Waals surface area contributed by atoms with Crippen LogP contribution in [0.2, 0.25) is 10.0 Å². The van der Waals surface area contributed by atoms with Gasteiger partial charge >= 0.3 is 0 Å². The van der Waals surface area contributed by atoms with Gasteiger partial charge in [0, 0.05) is 44.8 Å². The van der Waals surface area contributed by atoms with E-state index in [1.807, 2.05) is 19.1 Å². The molecule has 1 N–H and O–H groups in total. The van der Waals surface area contributed by atoms with Crippen molar-refractivity contribution in [3.05, 3.63) is 69.8 Å². The summed E-state index contributed by atoms with van der Waals surface area (Å²) in [6.45, 7) is 11.2. The average Bonchev–Trinajstić information content (AvgIpc) is 2.55. The van der Waals surface area contributed by atoms with E-state index >= 15 is 0 Å². The summed E-state index contributed by atoms with van der Waals surface area (Å²) in [6, 6.07) is 12.3. The molecule has 132 valence electrons. The van der Waals surface area contributed by atoms with Gasteiger partial charge in [0.1, 0.15) is 0 Å². The lowest BCUT2D eigenvalue weighted by atomic mass is 9.73. The Morgan fingerprint density at radius 3 is 2.08 bits per heavy atom. The van der Waals surface area contributed by atoms with Crippen LogP contribution in [0.4, 0.5) is 11.4 Å². The van der Waals surface area contributed by atoms with Crippen LogP contribution in [-0.4, -0.2) is 12.3 Å². The summed E-state index contributed by atoms with van der Waals surface area (Å²) in [5.41, 5.74) is 5.68. The minimum atomic E-state index is -0.153. The normalized spacial score (nSPS) is 14.7. The molecule has 0 aromatic heterocycles. The molecule has 0 saturated heterocycles. The Kier molecular flexibility index (Phi) is 5.29. The van der Waals surface area contributed by atoms with E-state index in [1.54, 1.807) is 11.9 Å². The van der Waals surface area contributed by atoms with E-state index in [-0.39, 0.29) is 5.41 Å². The van der Waals surface area contributed by atoms with Crippen molar-refractivity contribution in [2.75, 3.05) is 17.2 Å². The van der Waals surface area contributed by atoms with Crippen LogP contribution in [0.3, 0.4) is 0 Å². The smallest absolute Gasteiger partial charge is 0.0453 e. The van der Waals surface area contributed by atoms with Crippen molar-refractivity contribution in [2.24, 2.45) is 0 Å². The van der Waals surface area contributed by atoms with E-state index in [9.17, 15) is 0 Å². The van der Waals surface area contributed by atoms with Gasteiger partial charge in [-0.25, -0.2) is 0 Å². The number of nitrogens with zero attached hydrogens (tertiary/aromatic N) is 1. The zero-order valence-electron chi connectivity index (χ0n) is 14.7. The SMILES string of the molecule is C=C(C)NSCCN1c2ccc(Cl)cc2C(C)(C)c2cc(Cl)ccc21. The summed E-state index contributed by atoms with van der Waals surface area (Å²) in [4.78, 5) is 2.36. The van der Waals surface area contributed by atoms with Crippen LogP contribution in [0.1, 0.15) is 31.9 Å². The van der Waals surface area contributed by atoms with Gasteiger partial charge in [0.05, 0.1) is 0 Å². The quantitative estimate of drug-likeness (QED) is 0.459. The molecule has 0 bridgehead atoms. The second kappa shape index (κ2) is 7.14. The number of halogens is 2. The third-order valence-electron chi connectivity index (χ3n) is 4.51. The summed E-state index contributed by atoms with van der Waals surface area (Å²) in [6.07, 6.45) is 0. The highest BCUT2D eigenvalue weighted by atomic mass is 35.5. The van der Waals surface area contributed by atoms with Gasteiger partial charge in [-0.15, -0.1) is 0 Å². The molecule has 0 spiro atoms. The van der Waals surface area contributed by atoms with Crippen LogP contribution in [-0.2, 0) is 5.41 Å². The van der Waals surface area contributed by atoms with E-state index in [0.717, 1.165) is 28.0 Å². The Hall–Kier alpha value is -1.29. The molecule has 25 heavy (non-hydrogen) atoms. The molecule has 0 aliphatic carbocycles. The Balaban J connectivity index is 2.02. The number of rotatable bonds is 5. The first-order valence-corrected chi connectivity index (χ1v) is 9.96. The maximum absolute atomic E-state index is 6.30. The second-order valence-corrected chi connectivity index (χ2v) is 8.60. The first-order valence-electron chi connectivity index (χ1n) is 8.21. The third-order valence-corrected chi connectivity index (χ3v) is 5.86. The van der Waals surface area contributed by atoms with E-state index in [4.69, 9.17) is 23.2 Å². The van der Waals surface area contributed by atoms with Crippen LogP contribution in [0.5, 0.6) is 0 Å². The van der Waals surface area contributed by atoms with Gasteiger partial charge in [-0.05, 0) is 54.4 Å². The number of hydrogen-bond donors (Lipinski definition) is 1. The van der Waals surface area contributed by atoms with Crippen molar-refractivity contribution >= 4 is 46.5 Å². The Morgan fingerprint density at radius 2 is 1.60 bits per heavy atom. The van der Waals surface area contributed by atoms with E-state index in [2.05, 4.69) is 54.3 Å². The lowest BCUT2D eigenvalue weighted by Crippen LogP contribution is -2.34. The first-order chi connectivity index (χ1) is 11.8. The van der Waals surface area contributed by atoms with Gasteiger partial charge in [-0.2, -0.15) is 0 Å². The van der Waals surface area contributed by atoms with Gasteiger partial charge in [0.2, 0.25) is 0 Å². The van der Waals surface area contributed by atoms with Crippen LogP contribution < -0.4 is 9.62 Å². The van der Waals surface area contributed by atoms with Crippen molar-refractivity contribution in [3.63, 3.8) is 0 Å². The number of hydrogen-bond acceptors (Lipinski definition) is 3. The fraction of sp³-hybridized carbons (Fsp3) is 0.300. The molecule has 1 aliphatic rings. The van der Waals surface area contributed by atoms with E-state index < -0.39 is 0 Å². The van der Waals surface area contributed by atoms with Gasteiger partial charge < -0.3 is 9.62 Å². The Labute approximate surface area is 164 Å². The molecule has 3 rings (SSSR count). The minimum Gasteiger partial charge on any atom is -0.340 e. The van der Waals surface area contributed by atoms with Crippen LogP contribution in [0.15, 0.2) is 48.7 Å². The molecule has 2 aromatic carbocycles. The molecule has 1 heterocycles. The maximum Gasteiger partial charge on any atom is 0.0453 e. The molecule has 0 atom stereocenters. The lowest BCUT2D eigenvalue weighted by molar-refractivity contribution is 0.626. The molecule has 0 saturated carbocycles. The Bertz CT molecular complexity index is 762. The summed E-state index contributed by atoms with van der Waals surface area (Å²) in [5, 5.41) is 1.52. The fourth-order valence-corrected chi connectivity index (χ4v) is 4.28. The van der Waals surface area contributed by atoms with Crippen molar-refractivity contribution in [1.82, 2.24) is 4.72 Å². The van der Waals surface area contributed by atoms with E-state index in [0.29, 0.717) is 0 Å². The molecule has 1 aliphatic heterocycles. The second-order valence-electron chi connectivity index (χ2n) is 6.83. The number of fused-ring (bicyclic) bond motifs is 2. The summed E-state index contributed by atoms with van der Waals surface area (Å²) in [5.74, 6) is 0.928. The zero-order chi connectivity index (χ0) is 18.2. The third kappa shape index (κ3) is 3.64. The molecule has 0 radical (unpaired) electrons. The zero-order valence-corrected chi connectivity index (χ0v) is 17.0. The molecule has 2 aromatic rings. The molecule has 5 heteroatoms. The Morgan fingerprint density at radius 1 is 1.08 bits per heavy atom. The lowest BCUT2D eigenvalue weighted by Gasteiger charge is -2.42. The number of anilines is 2. The van der Waals surface area contributed by atoms with Crippen molar-refractivity contribution in [3.8, 4) is 0 Å². The van der Waals surface area contributed by atoms with Crippen molar-refractivity contribution in [2.45, 2.75) is 26.2 Å². The maximum atomic E-state index is 6.30. The first kappa shape index (κ1) is 18.5. The predicted octanol–water partition coefficient (Wildman–Crippen LogP) is 6.54. The molecule has 2 nitrogen and oxygen atoms in total. The predicted molar refractivity (Wildman–Crippen MR) is 112 cm³/mol. The molecule has 0 fully saturated rings.